The summed E-state index contributed by atoms with van der Waals surface area (Å²) in [6, 6.07) is 7.36. The molecule has 1 heterocycles. The van der Waals surface area contributed by atoms with Gasteiger partial charge >= 0.3 is 0 Å². The van der Waals surface area contributed by atoms with Crippen molar-refractivity contribution >= 4 is 21.8 Å². The van der Waals surface area contributed by atoms with Gasteiger partial charge in [0, 0.05) is 16.6 Å². The van der Waals surface area contributed by atoms with Gasteiger partial charge in [-0.3, -0.25) is 4.79 Å². The molecule has 1 unspecified atom stereocenters. The lowest BCUT2D eigenvalue weighted by Gasteiger charge is -2.03. The van der Waals surface area contributed by atoms with E-state index in [4.69, 9.17) is 4.74 Å². The maximum atomic E-state index is 11.6. The Morgan fingerprint density at radius 2 is 2.40 bits per heavy atom. The summed E-state index contributed by atoms with van der Waals surface area (Å²) >= 11 is 3.33. The topological polar surface area (TPSA) is 41.6 Å². The molecule has 0 saturated carbocycles. The minimum Gasteiger partial charge on any atom is -0.373 e. The molecule has 1 aromatic rings. The molecule has 4 heteroatoms. The predicted octanol–water partition coefficient (Wildman–Crippen LogP) is 1.97. The summed E-state index contributed by atoms with van der Waals surface area (Å²) in [6.45, 7) is 1.52. The first kappa shape index (κ1) is 10.6. The van der Waals surface area contributed by atoms with Crippen LogP contribution in [0.25, 0.3) is 0 Å². The number of carbonyl (C=O) groups excluding carboxylic acids is 1. The average molecular weight is 270 g/mol. The third-order valence-corrected chi connectivity index (χ3v) is 2.73. The van der Waals surface area contributed by atoms with Gasteiger partial charge in [-0.25, -0.2) is 0 Å². The molecule has 1 N–H and O–H groups in total. The van der Waals surface area contributed by atoms with Crippen molar-refractivity contribution in [2.24, 2.45) is 0 Å². The van der Waals surface area contributed by atoms with Crippen LogP contribution in [0.1, 0.15) is 16.8 Å². The molecule has 0 bridgehead atoms. The van der Waals surface area contributed by atoms with Crippen molar-refractivity contribution in [2.45, 2.75) is 12.5 Å². The Balaban J connectivity index is 1.83. The van der Waals surface area contributed by atoms with E-state index in [0.717, 1.165) is 17.5 Å². The molecule has 0 aliphatic carbocycles. The number of hydrogen-bond donors (Lipinski definition) is 1. The van der Waals surface area contributed by atoms with Crippen molar-refractivity contribution in [1.82, 2.24) is 5.32 Å². The molecule has 1 aliphatic heterocycles. The number of epoxide rings is 1. The number of benzene rings is 1. The van der Waals surface area contributed by atoms with Crippen LogP contribution in [0.2, 0.25) is 0 Å². The van der Waals surface area contributed by atoms with E-state index in [9.17, 15) is 4.79 Å². The number of ether oxygens (including phenoxy) is 1. The van der Waals surface area contributed by atoms with Crippen molar-refractivity contribution in [3.8, 4) is 0 Å². The molecule has 1 fully saturated rings. The summed E-state index contributed by atoms with van der Waals surface area (Å²) in [7, 11) is 0. The quantitative estimate of drug-likeness (QED) is 0.850. The fourth-order valence-corrected chi connectivity index (χ4v) is 1.71. The van der Waals surface area contributed by atoms with Gasteiger partial charge in [0.1, 0.15) is 0 Å². The van der Waals surface area contributed by atoms with Crippen LogP contribution in [0.5, 0.6) is 0 Å². The number of amides is 1. The highest BCUT2D eigenvalue weighted by molar-refractivity contribution is 9.10. The normalized spacial score (nSPS) is 18.6. The summed E-state index contributed by atoms with van der Waals surface area (Å²) in [4.78, 5) is 11.6. The van der Waals surface area contributed by atoms with Crippen LogP contribution in [0.4, 0.5) is 0 Å². The molecular weight excluding hydrogens is 258 g/mol. The first-order valence-electron chi connectivity index (χ1n) is 4.91. The number of hydrogen-bond acceptors (Lipinski definition) is 2. The molecule has 1 atom stereocenters. The minimum absolute atomic E-state index is 0.0306. The Hall–Kier alpha value is -0.870. The molecular formula is C11H12BrNO2. The Morgan fingerprint density at radius 3 is 3.07 bits per heavy atom. The first-order chi connectivity index (χ1) is 7.25. The van der Waals surface area contributed by atoms with Crippen molar-refractivity contribution in [3.63, 3.8) is 0 Å². The third kappa shape index (κ3) is 3.32. The zero-order valence-electron chi connectivity index (χ0n) is 8.20. The highest BCUT2D eigenvalue weighted by Crippen LogP contribution is 2.13. The first-order valence-corrected chi connectivity index (χ1v) is 5.70. The van der Waals surface area contributed by atoms with Crippen LogP contribution in [0.3, 0.4) is 0 Å². The molecule has 1 aliphatic rings. The second kappa shape index (κ2) is 4.77. The average Bonchev–Trinajstić information content (AvgIpc) is 3.01. The zero-order chi connectivity index (χ0) is 10.7. The van der Waals surface area contributed by atoms with E-state index in [1.54, 1.807) is 6.07 Å². The van der Waals surface area contributed by atoms with Crippen molar-refractivity contribution in [1.29, 1.82) is 0 Å². The molecule has 0 spiro atoms. The van der Waals surface area contributed by atoms with Crippen molar-refractivity contribution in [3.05, 3.63) is 34.3 Å². The number of nitrogens with one attached hydrogen (secondary N) is 1. The second-order valence-electron chi connectivity index (χ2n) is 3.51. The van der Waals surface area contributed by atoms with Crippen LogP contribution in [-0.2, 0) is 4.74 Å². The van der Waals surface area contributed by atoms with E-state index in [0.29, 0.717) is 18.2 Å². The van der Waals surface area contributed by atoms with E-state index in [1.165, 1.54) is 0 Å². The molecule has 1 aromatic carbocycles. The van der Waals surface area contributed by atoms with Crippen LogP contribution in [0, 0.1) is 0 Å². The fourth-order valence-electron chi connectivity index (χ4n) is 1.31. The van der Waals surface area contributed by atoms with Gasteiger partial charge in [-0.2, -0.15) is 0 Å². The summed E-state index contributed by atoms with van der Waals surface area (Å²) in [6.07, 6.45) is 1.27. The molecule has 2 rings (SSSR count). The van der Waals surface area contributed by atoms with Gasteiger partial charge in [-0.05, 0) is 24.6 Å². The van der Waals surface area contributed by atoms with E-state index < -0.39 is 0 Å². The zero-order valence-corrected chi connectivity index (χ0v) is 9.79. The predicted molar refractivity (Wildman–Crippen MR) is 60.8 cm³/mol. The third-order valence-electron chi connectivity index (χ3n) is 2.24. The highest BCUT2D eigenvalue weighted by atomic mass is 79.9. The molecule has 1 amide bonds. The molecule has 80 valence electrons. The molecule has 0 aromatic heterocycles. The summed E-state index contributed by atoms with van der Waals surface area (Å²) in [5, 5.41) is 2.86. The monoisotopic (exact) mass is 269 g/mol. The van der Waals surface area contributed by atoms with Gasteiger partial charge in [0.25, 0.3) is 5.91 Å². The second-order valence-corrected chi connectivity index (χ2v) is 4.43. The van der Waals surface area contributed by atoms with Gasteiger partial charge in [0.15, 0.2) is 0 Å². The maximum absolute atomic E-state index is 11.6. The van der Waals surface area contributed by atoms with Gasteiger partial charge in [-0.1, -0.05) is 22.0 Å². The van der Waals surface area contributed by atoms with Crippen molar-refractivity contribution < 1.29 is 9.53 Å². The van der Waals surface area contributed by atoms with E-state index in [-0.39, 0.29) is 5.91 Å². The van der Waals surface area contributed by atoms with E-state index in [1.807, 2.05) is 18.2 Å². The van der Waals surface area contributed by atoms with Gasteiger partial charge < -0.3 is 10.1 Å². The van der Waals surface area contributed by atoms with Gasteiger partial charge in [-0.15, -0.1) is 0 Å². The van der Waals surface area contributed by atoms with Crippen LogP contribution in [-0.4, -0.2) is 25.2 Å². The van der Waals surface area contributed by atoms with Gasteiger partial charge in [0.05, 0.1) is 12.7 Å². The number of carbonyl (C=O) groups is 1. The van der Waals surface area contributed by atoms with E-state index >= 15 is 0 Å². The van der Waals surface area contributed by atoms with Crippen LogP contribution in [0.15, 0.2) is 28.7 Å². The smallest absolute Gasteiger partial charge is 0.251 e. The number of halogens is 1. The Labute approximate surface area is 96.9 Å². The molecule has 3 nitrogen and oxygen atoms in total. The minimum atomic E-state index is -0.0306. The summed E-state index contributed by atoms with van der Waals surface area (Å²) in [5.41, 5.74) is 0.682. The van der Waals surface area contributed by atoms with Crippen LogP contribution >= 0.6 is 15.9 Å². The van der Waals surface area contributed by atoms with E-state index in [2.05, 4.69) is 21.2 Å². The van der Waals surface area contributed by atoms with Gasteiger partial charge in [0.2, 0.25) is 0 Å². The number of rotatable bonds is 4. The summed E-state index contributed by atoms with van der Waals surface area (Å²) in [5.74, 6) is -0.0306. The molecule has 1 saturated heterocycles. The molecule has 0 radical (unpaired) electrons. The highest BCUT2D eigenvalue weighted by Gasteiger charge is 2.21. The Morgan fingerprint density at radius 1 is 1.60 bits per heavy atom. The largest absolute Gasteiger partial charge is 0.373 e. The maximum Gasteiger partial charge on any atom is 0.251 e. The fraction of sp³-hybridized carbons (Fsp3) is 0.364. The lowest BCUT2D eigenvalue weighted by Crippen LogP contribution is -2.25. The molecule has 15 heavy (non-hydrogen) atoms. The Bertz CT molecular complexity index is 363. The lowest BCUT2D eigenvalue weighted by molar-refractivity contribution is 0.0952. The summed E-state index contributed by atoms with van der Waals surface area (Å²) < 4.78 is 5.97. The SMILES string of the molecule is O=C(NCCC1CO1)c1cccc(Br)c1. The Kier molecular flexibility index (Phi) is 3.38. The van der Waals surface area contributed by atoms with Crippen LogP contribution < -0.4 is 5.32 Å². The lowest BCUT2D eigenvalue weighted by atomic mass is 10.2. The van der Waals surface area contributed by atoms with Crippen molar-refractivity contribution in [2.75, 3.05) is 13.2 Å². The standard InChI is InChI=1S/C11H12BrNO2/c12-9-3-1-2-8(6-9)11(14)13-5-4-10-7-15-10/h1-3,6,10H,4-5,7H2,(H,13,14).